The van der Waals surface area contributed by atoms with E-state index in [-0.39, 0.29) is 54.2 Å². The van der Waals surface area contributed by atoms with Gasteiger partial charge >= 0.3 is 18.9 Å². The van der Waals surface area contributed by atoms with E-state index in [4.69, 9.17) is 0 Å². The van der Waals surface area contributed by atoms with E-state index in [1.165, 1.54) is 23.1 Å². The molecule has 1 heterocycles. The second-order valence-corrected chi connectivity index (χ2v) is 7.92. The zero-order valence-electron chi connectivity index (χ0n) is 17.3. The van der Waals surface area contributed by atoms with Gasteiger partial charge in [0.2, 0.25) is 0 Å². The maximum atomic E-state index is 3.57. The Morgan fingerprint density at radius 2 is 1.16 bits per heavy atom. The zero-order chi connectivity index (χ0) is 19.4. The quantitative estimate of drug-likeness (QED) is 0.478. The minimum absolute atomic E-state index is 0. The molecule has 0 radical (unpaired) electrons. The fraction of sp³-hybridized carbons (Fsp3) is 0.308. The van der Waals surface area contributed by atoms with Gasteiger partial charge in [-0.05, 0) is 36.1 Å². The molecule has 0 bridgehead atoms. The topological polar surface area (TPSA) is 15.3 Å². The summed E-state index contributed by atoms with van der Waals surface area (Å²) in [5, 5.41) is 3.57. The van der Waals surface area contributed by atoms with Crippen molar-refractivity contribution < 1.29 is 0 Å². The van der Waals surface area contributed by atoms with Gasteiger partial charge in [0, 0.05) is 19.1 Å². The molecule has 160 valence electrons. The molecular formula is C26H35AlClLiN2. The molecule has 2 nitrogen and oxygen atoms in total. The summed E-state index contributed by atoms with van der Waals surface area (Å²) in [6.45, 7) is 4.47. The molecule has 5 heteroatoms. The van der Waals surface area contributed by atoms with E-state index in [0.717, 1.165) is 13.1 Å². The fourth-order valence-electron chi connectivity index (χ4n) is 4.84. The fourth-order valence-corrected chi connectivity index (χ4v) is 4.84. The first-order valence-electron chi connectivity index (χ1n) is 10.4. The van der Waals surface area contributed by atoms with Gasteiger partial charge in [0.15, 0.2) is 17.4 Å². The summed E-state index contributed by atoms with van der Waals surface area (Å²) in [5.74, 6) is 0.682. The molecule has 2 atom stereocenters. The second-order valence-electron chi connectivity index (χ2n) is 7.92. The molecule has 0 aliphatic carbocycles. The number of likely N-dealkylation sites (N-methyl/N-ethyl adjacent to an activating group) is 1. The Labute approximate surface area is 216 Å². The predicted molar refractivity (Wildman–Crippen MR) is 142 cm³/mol. The molecule has 1 aliphatic heterocycles. The molecule has 1 saturated heterocycles. The molecule has 3 aromatic carbocycles. The van der Waals surface area contributed by atoms with Crippen molar-refractivity contribution in [2.45, 2.75) is 24.9 Å². The number of hydrogen-bond acceptors (Lipinski definition) is 2. The minimum atomic E-state index is -0.293. The van der Waals surface area contributed by atoms with E-state index in [2.05, 4.69) is 115 Å². The number of piperidine rings is 1. The van der Waals surface area contributed by atoms with Gasteiger partial charge in [-0.1, -0.05) is 97.9 Å². The van der Waals surface area contributed by atoms with Crippen molar-refractivity contribution in [1.29, 1.82) is 0 Å². The molecule has 0 spiro atoms. The van der Waals surface area contributed by atoms with E-state index in [0.29, 0.717) is 12.0 Å². The van der Waals surface area contributed by atoms with Crippen LogP contribution in [0.25, 0.3) is 0 Å². The molecule has 3 aromatic rings. The van der Waals surface area contributed by atoms with E-state index in [9.17, 15) is 0 Å². The Hall–Kier alpha value is -1.00. The van der Waals surface area contributed by atoms with Crippen LogP contribution in [-0.4, -0.2) is 67.3 Å². The van der Waals surface area contributed by atoms with Crippen molar-refractivity contribution in [3.63, 3.8) is 0 Å². The Balaban J connectivity index is 0.00000160. The Morgan fingerprint density at radius 1 is 0.774 bits per heavy atom. The van der Waals surface area contributed by atoms with Gasteiger partial charge in [-0.15, -0.1) is 12.4 Å². The van der Waals surface area contributed by atoms with E-state index in [1.54, 1.807) is 0 Å². The van der Waals surface area contributed by atoms with Gasteiger partial charge < -0.3 is 5.32 Å². The van der Waals surface area contributed by atoms with Crippen LogP contribution < -0.4 is 5.32 Å². The molecule has 1 aliphatic rings. The third-order valence-corrected chi connectivity index (χ3v) is 6.38. The van der Waals surface area contributed by atoms with E-state index < -0.39 is 0 Å². The molecule has 0 saturated carbocycles. The summed E-state index contributed by atoms with van der Waals surface area (Å²) >= 11 is 0. The van der Waals surface area contributed by atoms with Gasteiger partial charge in [-0.25, -0.2) is 0 Å². The predicted octanol–water partition coefficient (Wildman–Crippen LogP) is 3.50. The van der Waals surface area contributed by atoms with Crippen molar-refractivity contribution in [2.24, 2.45) is 5.92 Å². The van der Waals surface area contributed by atoms with Gasteiger partial charge in [-0.2, -0.15) is 0 Å². The number of likely N-dealkylation sites (tertiary alicyclic amines) is 1. The first-order chi connectivity index (χ1) is 13.8. The summed E-state index contributed by atoms with van der Waals surface area (Å²) in [6.07, 6.45) is 1.19. The van der Waals surface area contributed by atoms with Gasteiger partial charge in [0.25, 0.3) is 0 Å². The van der Waals surface area contributed by atoms with Crippen molar-refractivity contribution in [1.82, 2.24) is 10.2 Å². The second kappa shape index (κ2) is 12.9. The zero-order valence-corrected chi connectivity index (χ0v) is 18.1. The van der Waals surface area contributed by atoms with E-state index in [1.807, 2.05) is 0 Å². The average molecular weight is 445 g/mol. The van der Waals surface area contributed by atoms with Crippen molar-refractivity contribution in [3.8, 4) is 0 Å². The summed E-state index contributed by atoms with van der Waals surface area (Å²) in [5.41, 5.74) is 3.70. The van der Waals surface area contributed by atoms with Crippen molar-refractivity contribution >= 4 is 48.6 Å². The number of rotatable bonds is 5. The van der Waals surface area contributed by atoms with Crippen LogP contribution in [-0.2, 0) is 5.54 Å². The van der Waals surface area contributed by atoms with Crippen LogP contribution in [0.3, 0.4) is 0 Å². The standard InChI is InChI=1S/C26H30N2.Al.ClH.Li.4H/c1-21-18-19-28(20-25(21)27-2)26(22-12-6-3-7-13-22,23-14-8-4-9-15-23)24-16-10-5-11-17-24;;;;;;;/h3-17,21,25,27H,18-20H2,1-2H3;;1H;;;;;. The SMILES string of the molecule is CNC1CN(C(c2ccccc2)(c2ccccc2)c2ccccc2)CCC1C.Cl.[AlH3].[LiH]. The molecule has 0 aromatic heterocycles. The third-order valence-electron chi connectivity index (χ3n) is 6.38. The molecular weight excluding hydrogens is 410 g/mol. The molecule has 1 fully saturated rings. The molecule has 31 heavy (non-hydrogen) atoms. The van der Waals surface area contributed by atoms with Gasteiger partial charge in [0.05, 0.1) is 5.54 Å². The molecule has 4 rings (SSSR count). The molecule has 2 unspecified atom stereocenters. The Bertz CT molecular complexity index is 783. The Morgan fingerprint density at radius 3 is 1.52 bits per heavy atom. The number of benzene rings is 3. The summed E-state index contributed by atoms with van der Waals surface area (Å²) in [7, 11) is 2.10. The van der Waals surface area contributed by atoms with Crippen LogP contribution >= 0.6 is 12.4 Å². The van der Waals surface area contributed by atoms with Crippen LogP contribution in [0.15, 0.2) is 91.0 Å². The number of hydrogen-bond donors (Lipinski definition) is 1. The van der Waals surface area contributed by atoms with Gasteiger partial charge in [-0.3, -0.25) is 4.90 Å². The monoisotopic (exact) mass is 444 g/mol. The molecule has 1 N–H and O–H groups in total. The maximum absolute atomic E-state index is 3.57. The van der Waals surface area contributed by atoms with Crippen molar-refractivity contribution in [3.05, 3.63) is 108 Å². The average Bonchev–Trinajstić information content (AvgIpc) is 2.77. The third kappa shape index (κ3) is 5.50. The van der Waals surface area contributed by atoms with E-state index >= 15 is 0 Å². The number of nitrogens with one attached hydrogen (secondary N) is 1. The van der Waals surface area contributed by atoms with Crippen LogP contribution in [0.4, 0.5) is 0 Å². The number of halogens is 1. The first-order valence-corrected chi connectivity index (χ1v) is 10.4. The van der Waals surface area contributed by atoms with Crippen LogP contribution in [0.5, 0.6) is 0 Å². The Kier molecular flexibility index (Phi) is 11.7. The van der Waals surface area contributed by atoms with Crippen LogP contribution in [0, 0.1) is 5.92 Å². The summed E-state index contributed by atoms with van der Waals surface area (Å²) < 4.78 is 0. The summed E-state index contributed by atoms with van der Waals surface area (Å²) in [4.78, 5) is 2.69. The normalized spacial score (nSPS) is 18.8. The van der Waals surface area contributed by atoms with Crippen molar-refractivity contribution in [2.75, 3.05) is 20.1 Å². The van der Waals surface area contributed by atoms with Crippen LogP contribution in [0.1, 0.15) is 30.0 Å². The molecule has 0 amide bonds. The number of nitrogens with zero attached hydrogens (tertiary/aromatic N) is 1. The van der Waals surface area contributed by atoms with Crippen LogP contribution in [0.2, 0.25) is 0 Å². The van der Waals surface area contributed by atoms with Gasteiger partial charge in [0.1, 0.15) is 0 Å². The first kappa shape index (κ1) is 28.0. The summed E-state index contributed by atoms with van der Waals surface area (Å²) in [6, 6.07) is 33.5.